The van der Waals surface area contributed by atoms with Crippen LogP contribution in [0.15, 0.2) is 0 Å². The lowest BCUT2D eigenvalue weighted by atomic mass is 10.0. The predicted molar refractivity (Wildman–Crippen MR) is 54.8 cm³/mol. The highest BCUT2D eigenvalue weighted by Gasteiger charge is 2.63. The molecule has 1 rings (SSSR count). The summed E-state index contributed by atoms with van der Waals surface area (Å²) in [6, 6.07) is 0.0316. The van der Waals surface area contributed by atoms with Crippen molar-refractivity contribution >= 4 is 0 Å². The van der Waals surface area contributed by atoms with Crippen LogP contribution in [0.3, 0.4) is 0 Å². The van der Waals surface area contributed by atoms with E-state index in [-0.39, 0.29) is 18.9 Å². The van der Waals surface area contributed by atoms with Crippen molar-refractivity contribution in [3.05, 3.63) is 0 Å². The minimum atomic E-state index is -4.08. The molecule has 0 saturated heterocycles. The largest absolute Gasteiger partial charge is 0.406 e. The lowest BCUT2D eigenvalue weighted by Crippen LogP contribution is -2.49. The lowest BCUT2D eigenvalue weighted by molar-refractivity contribution is -0.168. The molecule has 90 valence electrons. The first-order valence-corrected chi connectivity index (χ1v) is 5.79. The van der Waals surface area contributed by atoms with Crippen LogP contribution >= 0.6 is 0 Å². The van der Waals surface area contributed by atoms with Crippen molar-refractivity contribution in [2.75, 3.05) is 0 Å². The van der Waals surface area contributed by atoms with Crippen molar-refractivity contribution in [3.8, 4) is 0 Å². The summed E-state index contributed by atoms with van der Waals surface area (Å²) in [7, 11) is 0. The number of rotatable bonds is 6. The molecule has 0 aromatic heterocycles. The second-order valence-corrected chi connectivity index (χ2v) is 4.50. The second kappa shape index (κ2) is 4.73. The zero-order valence-electron chi connectivity index (χ0n) is 9.45. The Morgan fingerprint density at radius 2 is 1.60 bits per heavy atom. The summed E-state index contributed by atoms with van der Waals surface area (Å²) in [5, 5.41) is 2.82. The van der Waals surface area contributed by atoms with Crippen LogP contribution in [0.4, 0.5) is 13.2 Å². The summed E-state index contributed by atoms with van der Waals surface area (Å²) in [5.74, 6) is 0. The fraction of sp³-hybridized carbons (Fsp3) is 1.00. The highest BCUT2D eigenvalue weighted by Crippen LogP contribution is 2.49. The van der Waals surface area contributed by atoms with Crippen LogP contribution in [0.5, 0.6) is 0 Å². The van der Waals surface area contributed by atoms with Crippen LogP contribution in [0.1, 0.15) is 52.4 Å². The van der Waals surface area contributed by atoms with Crippen LogP contribution in [0.2, 0.25) is 0 Å². The van der Waals surface area contributed by atoms with Crippen molar-refractivity contribution in [2.45, 2.75) is 70.1 Å². The molecule has 1 aliphatic carbocycles. The summed E-state index contributed by atoms with van der Waals surface area (Å²) in [5.41, 5.74) is -1.54. The molecule has 1 N–H and O–H groups in total. The Bertz CT molecular complexity index is 190. The molecule has 0 bridgehead atoms. The molecule has 15 heavy (non-hydrogen) atoms. The molecule has 0 atom stereocenters. The number of nitrogens with one attached hydrogen (secondary N) is 1. The first-order chi connectivity index (χ1) is 6.95. The van der Waals surface area contributed by atoms with E-state index < -0.39 is 11.7 Å². The third kappa shape index (κ3) is 3.10. The average molecular weight is 223 g/mol. The zero-order valence-corrected chi connectivity index (χ0v) is 9.45. The maximum Gasteiger partial charge on any atom is 0.406 e. The number of alkyl halides is 3. The van der Waals surface area contributed by atoms with E-state index in [0.29, 0.717) is 0 Å². The molecule has 4 heteroatoms. The molecule has 1 aliphatic rings. The van der Waals surface area contributed by atoms with Gasteiger partial charge in [-0.25, -0.2) is 0 Å². The molecule has 0 aromatic carbocycles. The van der Waals surface area contributed by atoms with Gasteiger partial charge in [-0.1, -0.05) is 26.7 Å². The molecular weight excluding hydrogens is 203 g/mol. The van der Waals surface area contributed by atoms with Gasteiger partial charge in [0.25, 0.3) is 0 Å². The number of hydrogen-bond acceptors (Lipinski definition) is 1. The van der Waals surface area contributed by atoms with Gasteiger partial charge in [-0.3, -0.25) is 0 Å². The Hall–Kier alpha value is -0.250. The molecule has 0 heterocycles. The zero-order chi connectivity index (χ0) is 11.5. The SMILES string of the molecule is CCCC(CCC)NC1(C(F)(F)F)CC1. The van der Waals surface area contributed by atoms with Crippen molar-refractivity contribution in [1.82, 2.24) is 5.32 Å². The van der Waals surface area contributed by atoms with Crippen LogP contribution in [-0.2, 0) is 0 Å². The topological polar surface area (TPSA) is 12.0 Å². The van der Waals surface area contributed by atoms with E-state index in [4.69, 9.17) is 0 Å². The standard InChI is InChI=1S/C11H20F3N/c1-3-5-9(6-4-2)15-10(7-8-10)11(12,13)14/h9,15H,3-8H2,1-2H3. The van der Waals surface area contributed by atoms with Gasteiger partial charge in [-0.05, 0) is 25.7 Å². The van der Waals surface area contributed by atoms with E-state index in [1.54, 1.807) is 0 Å². The van der Waals surface area contributed by atoms with Gasteiger partial charge in [-0.2, -0.15) is 13.2 Å². The summed E-state index contributed by atoms with van der Waals surface area (Å²) >= 11 is 0. The smallest absolute Gasteiger partial charge is 0.301 e. The van der Waals surface area contributed by atoms with E-state index >= 15 is 0 Å². The monoisotopic (exact) mass is 223 g/mol. The minimum absolute atomic E-state index is 0.0316. The Labute approximate surface area is 89.4 Å². The third-order valence-electron chi connectivity index (χ3n) is 3.05. The summed E-state index contributed by atoms with van der Waals surface area (Å²) < 4.78 is 38.0. The molecule has 1 saturated carbocycles. The maximum absolute atomic E-state index is 12.7. The first kappa shape index (κ1) is 12.8. The quantitative estimate of drug-likeness (QED) is 0.725. The van der Waals surface area contributed by atoms with Crippen molar-refractivity contribution in [2.24, 2.45) is 0 Å². The molecule has 0 unspecified atom stereocenters. The molecule has 0 amide bonds. The Morgan fingerprint density at radius 1 is 1.13 bits per heavy atom. The molecule has 0 radical (unpaired) electrons. The molecule has 1 fully saturated rings. The molecule has 0 spiro atoms. The predicted octanol–water partition coefficient (Wildman–Crippen LogP) is 3.64. The van der Waals surface area contributed by atoms with Crippen molar-refractivity contribution in [1.29, 1.82) is 0 Å². The van der Waals surface area contributed by atoms with Crippen LogP contribution < -0.4 is 5.32 Å². The summed E-state index contributed by atoms with van der Waals surface area (Å²) in [6.45, 7) is 4.02. The van der Waals surface area contributed by atoms with E-state index in [2.05, 4.69) is 5.32 Å². The maximum atomic E-state index is 12.7. The van der Waals surface area contributed by atoms with E-state index in [0.717, 1.165) is 25.7 Å². The Balaban J connectivity index is 2.50. The highest BCUT2D eigenvalue weighted by molar-refractivity contribution is 5.09. The van der Waals surface area contributed by atoms with Gasteiger partial charge in [-0.15, -0.1) is 0 Å². The average Bonchev–Trinajstić information content (AvgIpc) is 2.85. The first-order valence-electron chi connectivity index (χ1n) is 5.79. The third-order valence-corrected chi connectivity index (χ3v) is 3.05. The summed E-state index contributed by atoms with van der Waals surface area (Å²) in [6.07, 6.45) is -0.0257. The Kier molecular flexibility index (Phi) is 4.04. The fourth-order valence-electron chi connectivity index (χ4n) is 2.01. The highest BCUT2D eigenvalue weighted by atomic mass is 19.4. The van der Waals surface area contributed by atoms with E-state index in [9.17, 15) is 13.2 Å². The molecular formula is C11H20F3N. The van der Waals surface area contributed by atoms with Gasteiger partial charge in [0.05, 0.1) is 0 Å². The van der Waals surface area contributed by atoms with E-state index in [1.165, 1.54) is 0 Å². The molecule has 0 aromatic rings. The number of halogens is 3. The van der Waals surface area contributed by atoms with Gasteiger partial charge < -0.3 is 5.32 Å². The van der Waals surface area contributed by atoms with Gasteiger partial charge >= 0.3 is 6.18 Å². The number of hydrogen-bond donors (Lipinski definition) is 1. The summed E-state index contributed by atoms with van der Waals surface area (Å²) in [4.78, 5) is 0. The van der Waals surface area contributed by atoms with Crippen LogP contribution in [0, 0.1) is 0 Å². The van der Waals surface area contributed by atoms with Crippen LogP contribution in [0.25, 0.3) is 0 Å². The van der Waals surface area contributed by atoms with Gasteiger partial charge in [0.1, 0.15) is 5.54 Å². The van der Waals surface area contributed by atoms with Crippen molar-refractivity contribution < 1.29 is 13.2 Å². The van der Waals surface area contributed by atoms with Gasteiger partial charge in [0.2, 0.25) is 0 Å². The normalized spacial score (nSPS) is 19.6. The van der Waals surface area contributed by atoms with Gasteiger partial charge in [0.15, 0.2) is 0 Å². The molecule has 1 nitrogen and oxygen atoms in total. The lowest BCUT2D eigenvalue weighted by Gasteiger charge is -2.27. The Morgan fingerprint density at radius 3 is 1.87 bits per heavy atom. The fourth-order valence-corrected chi connectivity index (χ4v) is 2.01. The van der Waals surface area contributed by atoms with Crippen LogP contribution in [-0.4, -0.2) is 17.8 Å². The van der Waals surface area contributed by atoms with E-state index in [1.807, 2.05) is 13.8 Å². The molecule has 0 aliphatic heterocycles. The second-order valence-electron chi connectivity index (χ2n) is 4.50. The van der Waals surface area contributed by atoms with Gasteiger partial charge in [0, 0.05) is 6.04 Å². The minimum Gasteiger partial charge on any atom is -0.301 e. The van der Waals surface area contributed by atoms with Crippen molar-refractivity contribution in [3.63, 3.8) is 0 Å².